The first-order valence-electron chi connectivity index (χ1n) is 6.46. The number of fused-ring (bicyclic) bond motifs is 1. The van der Waals surface area contributed by atoms with Crippen LogP contribution in [0.4, 0.5) is 4.79 Å². The van der Waals surface area contributed by atoms with Gasteiger partial charge in [-0.05, 0) is 20.8 Å². The zero-order valence-corrected chi connectivity index (χ0v) is 12.6. The molecule has 0 spiro atoms. The highest BCUT2D eigenvalue weighted by Gasteiger charge is 2.26. The number of ether oxygens (including phenoxy) is 1. The van der Waals surface area contributed by atoms with Crippen LogP contribution in [-0.4, -0.2) is 45.7 Å². The summed E-state index contributed by atoms with van der Waals surface area (Å²) in [5, 5.41) is 9.06. The van der Waals surface area contributed by atoms with Gasteiger partial charge in [0.15, 0.2) is 0 Å². The molecular weight excluding hydrogens is 280 g/mol. The molecule has 110 valence electrons. The van der Waals surface area contributed by atoms with Gasteiger partial charge in [0.05, 0.1) is 5.69 Å². The topological polar surface area (TPSA) is 79.7 Å². The van der Waals surface area contributed by atoms with Crippen LogP contribution in [0.2, 0.25) is 0 Å². The van der Waals surface area contributed by atoms with E-state index in [1.807, 2.05) is 20.8 Å². The number of amides is 1. The quantitative estimate of drug-likeness (QED) is 0.859. The van der Waals surface area contributed by atoms with Gasteiger partial charge in [-0.25, -0.2) is 14.6 Å². The van der Waals surface area contributed by atoms with Gasteiger partial charge in [0.25, 0.3) is 0 Å². The second-order valence-corrected chi connectivity index (χ2v) is 6.75. The molecular formula is C13H18N2O4S. The average Bonchev–Trinajstić information content (AvgIpc) is 2.61. The predicted molar refractivity (Wildman–Crippen MR) is 74.3 cm³/mol. The van der Waals surface area contributed by atoms with E-state index in [1.54, 1.807) is 4.90 Å². The van der Waals surface area contributed by atoms with Crippen LogP contribution in [0.25, 0.3) is 0 Å². The first-order chi connectivity index (χ1) is 9.26. The maximum Gasteiger partial charge on any atom is 0.410 e. The van der Waals surface area contributed by atoms with E-state index in [9.17, 15) is 9.59 Å². The van der Waals surface area contributed by atoms with Crippen molar-refractivity contribution in [2.75, 3.05) is 13.1 Å². The van der Waals surface area contributed by atoms with E-state index in [1.165, 1.54) is 11.3 Å². The smallest absolute Gasteiger partial charge is 0.410 e. The third-order valence-corrected chi connectivity index (χ3v) is 3.99. The summed E-state index contributed by atoms with van der Waals surface area (Å²) in [7, 11) is 0. The molecule has 1 aromatic rings. The fourth-order valence-corrected chi connectivity index (χ4v) is 2.90. The van der Waals surface area contributed by atoms with Crippen LogP contribution >= 0.6 is 11.3 Å². The minimum Gasteiger partial charge on any atom is -0.476 e. The number of rotatable bonds is 1. The molecule has 0 saturated carbocycles. The normalized spacial score (nSPS) is 15.4. The maximum absolute atomic E-state index is 12.0. The highest BCUT2D eigenvalue weighted by atomic mass is 32.1. The Morgan fingerprint density at radius 2 is 1.95 bits per heavy atom. The lowest BCUT2D eigenvalue weighted by Crippen LogP contribution is -2.38. The fourth-order valence-electron chi connectivity index (χ4n) is 1.96. The van der Waals surface area contributed by atoms with Crippen molar-refractivity contribution in [1.82, 2.24) is 9.88 Å². The molecule has 1 aromatic heterocycles. The molecule has 1 aliphatic heterocycles. The number of carbonyl (C=O) groups is 2. The Labute approximate surface area is 121 Å². The van der Waals surface area contributed by atoms with Crippen molar-refractivity contribution in [3.8, 4) is 0 Å². The third-order valence-electron chi connectivity index (χ3n) is 2.84. The zero-order chi connectivity index (χ0) is 14.9. The lowest BCUT2D eigenvalue weighted by Gasteiger charge is -2.26. The van der Waals surface area contributed by atoms with Crippen molar-refractivity contribution in [2.45, 2.75) is 39.2 Å². The van der Waals surface area contributed by atoms with Crippen molar-refractivity contribution in [3.05, 3.63) is 15.6 Å². The molecule has 0 radical (unpaired) electrons. The molecule has 0 aliphatic carbocycles. The minimum atomic E-state index is -0.993. The number of aromatic nitrogens is 1. The average molecular weight is 298 g/mol. The fraction of sp³-hybridized carbons (Fsp3) is 0.615. The third kappa shape index (κ3) is 3.47. The summed E-state index contributed by atoms with van der Waals surface area (Å²) in [5.74, 6) is -0.993. The van der Waals surface area contributed by atoms with E-state index in [-0.39, 0.29) is 11.1 Å². The van der Waals surface area contributed by atoms with Crippen LogP contribution in [0.5, 0.6) is 0 Å². The summed E-state index contributed by atoms with van der Waals surface area (Å²) in [6, 6.07) is 0. The van der Waals surface area contributed by atoms with Crippen molar-refractivity contribution in [1.29, 1.82) is 0 Å². The van der Waals surface area contributed by atoms with Gasteiger partial charge in [0.2, 0.25) is 5.01 Å². The summed E-state index contributed by atoms with van der Waals surface area (Å²) in [5.41, 5.74) is 0.279. The Morgan fingerprint density at radius 1 is 1.30 bits per heavy atom. The van der Waals surface area contributed by atoms with Crippen molar-refractivity contribution in [3.63, 3.8) is 0 Å². The van der Waals surface area contributed by atoms with Crippen LogP contribution in [0, 0.1) is 0 Å². The molecule has 0 saturated heterocycles. The largest absolute Gasteiger partial charge is 0.476 e. The highest BCUT2D eigenvalue weighted by molar-refractivity contribution is 7.13. The summed E-state index contributed by atoms with van der Waals surface area (Å²) in [6.45, 7) is 6.54. The monoisotopic (exact) mass is 298 g/mol. The summed E-state index contributed by atoms with van der Waals surface area (Å²) >= 11 is 1.19. The Bertz CT molecular complexity index is 507. The van der Waals surface area contributed by atoms with Gasteiger partial charge in [0.1, 0.15) is 5.60 Å². The van der Waals surface area contributed by atoms with Gasteiger partial charge in [0, 0.05) is 30.8 Å². The number of aromatic carboxylic acids is 1. The van der Waals surface area contributed by atoms with Gasteiger partial charge < -0.3 is 14.7 Å². The molecule has 1 aliphatic rings. The maximum atomic E-state index is 12.0. The van der Waals surface area contributed by atoms with E-state index in [4.69, 9.17) is 9.84 Å². The molecule has 6 nitrogen and oxygen atoms in total. The van der Waals surface area contributed by atoms with Crippen molar-refractivity contribution >= 4 is 23.4 Å². The van der Waals surface area contributed by atoms with E-state index in [0.29, 0.717) is 25.9 Å². The van der Waals surface area contributed by atoms with Crippen LogP contribution in [0.1, 0.15) is 41.1 Å². The Hall–Kier alpha value is -1.63. The first kappa shape index (κ1) is 14.8. The van der Waals surface area contributed by atoms with Crippen LogP contribution in [-0.2, 0) is 17.6 Å². The molecule has 0 atom stereocenters. The van der Waals surface area contributed by atoms with Gasteiger partial charge in [-0.1, -0.05) is 0 Å². The van der Waals surface area contributed by atoms with E-state index < -0.39 is 11.6 Å². The second-order valence-electron chi connectivity index (χ2n) is 5.66. The second kappa shape index (κ2) is 5.40. The van der Waals surface area contributed by atoms with Crippen molar-refractivity contribution < 1.29 is 19.4 Å². The number of nitrogens with zero attached hydrogens (tertiary/aromatic N) is 2. The molecule has 1 N–H and O–H groups in total. The Morgan fingerprint density at radius 3 is 2.55 bits per heavy atom. The summed E-state index contributed by atoms with van der Waals surface area (Å²) < 4.78 is 5.35. The predicted octanol–water partition coefficient (Wildman–Crippen LogP) is 2.18. The van der Waals surface area contributed by atoms with Crippen molar-refractivity contribution in [2.24, 2.45) is 0 Å². The molecule has 2 rings (SSSR count). The number of hydrogen-bond donors (Lipinski definition) is 1. The molecule has 1 amide bonds. The standard InChI is InChI=1S/C13H18N2O4S/c1-13(2,3)19-12(18)15-6-4-8-9(5-7-15)20-10(14-8)11(16)17/h4-7H2,1-3H3,(H,16,17). The molecule has 0 aromatic carbocycles. The highest BCUT2D eigenvalue weighted by Crippen LogP contribution is 2.23. The number of carboxylic acids is 1. The van der Waals surface area contributed by atoms with Gasteiger partial charge in [-0.3, -0.25) is 0 Å². The molecule has 2 heterocycles. The van der Waals surface area contributed by atoms with Gasteiger partial charge >= 0.3 is 12.1 Å². The first-order valence-corrected chi connectivity index (χ1v) is 7.28. The lowest BCUT2D eigenvalue weighted by atomic mass is 10.2. The lowest BCUT2D eigenvalue weighted by molar-refractivity contribution is 0.0258. The minimum absolute atomic E-state index is 0.126. The molecule has 0 unspecified atom stereocenters. The van der Waals surface area contributed by atoms with Crippen LogP contribution in [0.15, 0.2) is 0 Å². The SMILES string of the molecule is CC(C)(C)OC(=O)N1CCc2nc(C(=O)O)sc2CC1. The van der Waals surface area contributed by atoms with Gasteiger partial charge in [-0.2, -0.15) is 0 Å². The van der Waals surface area contributed by atoms with E-state index >= 15 is 0 Å². The summed E-state index contributed by atoms with van der Waals surface area (Å²) in [6.07, 6.45) is 0.865. The number of hydrogen-bond acceptors (Lipinski definition) is 5. The number of thiazole rings is 1. The van der Waals surface area contributed by atoms with E-state index in [2.05, 4.69) is 4.98 Å². The molecule has 0 bridgehead atoms. The Kier molecular flexibility index (Phi) is 3.99. The summed E-state index contributed by atoms with van der Waals surface area (Å²) in [4.78, 5) is 29.6. The van der Waals surface area contributed by atoms with Crippen LogP contribution < -0.4 is 0 Å². The Balaban J connectivity index is 2.03. The number of carbonyl (C=O) groups excluding carboxylic acids is 1. The number of carboxylic acid groups (broad SMARTS) is 1. The molecule has 7 heteroatoms. The van der Waals surface area contributed by atoms with Crippen LogP contribution in [0.3, 0.4) is 0 Å². The van der Waals surface area contributed by atoms with Gasteiger partial charge in [-0.15, -0.1) is 11.3 Å². The molecule has 20 heavy (non-hydrogen) atoms. The van der Waals surface area contributed by atoms with E-state index in [0.717, 1.165) is 10.6 Å². The molecule has 0 fully saturated rings. The zero-order valence-electron chi connectivity index (χ0n) is 11.8.